The number of hydrogen-bond acceptors (Lipinski definition) is 3. The van der Waals surface area contributed by atoms with Crippen molar-refractivity contribution in [1.82, 2.24) is 4.90 Å². The second-order valence-corrected chi connectivity index (χ2v) is 6.77. The molecule has 2 rings (SSSR count). The number of likely N-dealkylation sites (N-methyl/N-ethyl adjacent to an activating group) is 1. The summed E-state index contributed by atoms with van der Waals surface area (Å²) in [6.07, 6.45) is 0.750. The van der Waals surface area contributed by atoms with Crippen LogP contribution in [0.15, 0.2) is 10.5 Å². The normalized spacial score (nSPS) is 19.3. The molecular weight excluding hydrogens is 356 g/mol. The zero-order valence-electron chi connectivity index (χ0n) is 13.0. The Morgan fingerprint density at radius 3 is 2.64 bits per heavy atom. The highest BCUT2D eigenvalue weighted by atomic mass is 79.9. The molecular formula is C16H20BrF2NO2. The Morgan fingerprint density at radius 1 is 1.45 bits per heavy atom. The van der Waals surface area contributed by atoms with E-state index in [-0.39, 0.29) is 6.42 Å². The molecule has 1 atom stereocenters. The van der Waals surface area contributed by atoms with Gasteiger partial charge < -0.3 is 9.64 Å². The number of hydrogen-bond donors (Lipinski definition) is 0. The smallest absolute Gasteiger partial charge is 0.252 e. The summed E-state index contributed by atoms with van der Waals surface area (Å²) < 4.78 is 32.4. The molecule has 0 radical (unpaired) electrons. The molecule has 1 fully saturated rings. The molecule has 22 heavy (non-hydrogen) atoms. The van der Waals surface area contributed by atoms with Gasteiger partial charge in [0.05, 0.1) is 5.56 Å². The number of ether oxygens (including phenoxy) is 1. The first-order valence-electron chi connectivity index (χ1n) is 7.20. The van der Waals surface area contributed by atoms with Gasteiger partial charge in [0.25, 0.3) is 5.92 Å². The number of halogens is 3. The van der Waals surface area contributed by atoms with Crippen LogP contribution < -0.4 is 4.74 Å². The van der Waals surface area contributed by atoms with Crippen molar-refractivity contribution in [2.75, 3.05) is 26.7 Å². The molecule has 6 heteroatoms. The molecule has 0 aromatic heterocycles. The van der Waals surface area contributed by atoms with Crippen molar-refractivity contribution in [3.8, 4) is 5.75 Å². The van der Waals surface area contributed by atoms with Gasteiger partial charge in [-0.25, -0.2) is 8.78 Å². The van der Waals surface area contributed by atoms with Crippen molar-refractivity contribution in [2.24, 2.45) is 5.92 Å². The Labute approximate surface area is 137 Å². The van der Waals surface area contributed by atoms with Crippen molar-refractivity contribution >= 4 is 22.2 Å². The molecule has 3 nitrogen and oxygen atoms in total. The molecule has 1 aliphatic carbocycles. The molecule has 0 saturated heterocycles. The van der Waals surface area contributed by atoms with Crippen molar-refractivity contribution in [1.29, 1.82) is 0 Å². The zero-order chi connectivity index (χ0) is 16.5. The van der Waals surface area contributed by atoms with E-state index in [4.69, 9.17) is 4.74 Å². The fourth-order valence-corrected chi connectivity index (χ4v) is 2.94. The maximum atomic E-state index is 12.9. The fourth-order valence-electron chi connectivity index (χ4n) is 2.39. The maximum Gasteiger partial charge on any atom is 0.252 e. The quantitative estimate of drug-likeness (QED) is 0.678. The molecule has 1 aromatic carbocycles. The Bertz CT molecular complexity index is 578. The molecule has 122 valence electrons. The summed E-state index contributed by atoms with van der Waals surface area (Å²) in [6.45, 7) is 5.12. The van der Waals surface area contributed by atoms with Gasteiger partial charge in [0.1, 0.15) is 12.4 Å². The van der Waals surface area contributed by atoms with Crippen LogP contribution in [0.1, 0.15) is 27.9 Å². The minimum Gasteiger partial charge on any atom is -0.491 e. The summed E-state index contributed by atoms with van der Waals surface area (Å²) >= 11 is 3.41. The van der Waals surface area contributed by atoms with E-state index in [1.807, 2.05) is 18.7 Å². The van der Waals surface area contributed by atoms with E-state index in [0.717, 1.165) is 21.9 Å². The Kier molecular flexibility index (Phi) is 5.22. The lowest BCUT2D eigenvalue weighted by atomic mass is 10.1. The van der Waals surface area contributed by atoms with Crippen molar-refractivity contribution in [3.05, 3.63) is 27.2 Å². The Morgan fingerprint density at radius 2 is 2.09 bits per heavy atom. The molecule has 0 bridgehead atoms. The van der Waals surface area contributed by atoms with Gasteiger partial charge >= 0.3 is 0 Å². The van der Waals surface area contributed by atoms with Crippen LogP contribution in [0.3, 0.4) is 0 Å². The van der Waals surface area contributed by atoms with Crippen LogP contribution in [0, 0.1) is 19.8 Å². The van der Waals surface area contributed by atoms with Crippen LogP contribution in [-0.2, 0) is 0 Å². The highest BCUT2D eigenvalue weighted by molar-refractivity contribution is 9.10. The highest BCUT2D eigenvalue weighted by Crippen LogP contribution is 2.48. The number of carbonyl (C=O) groups is 1. The summed E-state index contributed by atoms with van der Waals surface area (Å²) in [5, 5.41) is 0. The van der Waals surface area contributed by atoms with Crippen molar-refractivity contribution in [3.63, 3.8) is 0 Å². The lowest BCUT2D eigenvalue weighted by Crippen LogP contribution is -2.27. The third-order valence-corrected chi connectivity index (χ3v) is 4.96. The van der Waals surface area contributed by atoms with Crippen LogP contribution in [0.25, 0.3) is 0 Å². The first-order chi connectivity index (χ1) is 10.3. The van der Waals surface area contributed by atoms with Crippen LogP contribution in [0.5, 0.6) is 5.75 Å². The van der Waals surface area contributed by atoms with E-state index in [0.29, 0.717) is 31.0 Å². The third-order valence-electron chi connectivity index (χ3n) is 4.14. The molecule has 0 spiro atoms. The summed E-state index contributed by atoms with van der Waals surface area (Å²) in [6, 6.07) is 1.74. The zero-order valence-corrected chi connectivity index (χ0v) is 14.5. The maximum absolute atomic E-state index is 12.9. The van der Waals surface area contributed by atoms with Gasteiger partial charge in [-0.2, -0.15) is 0 Å². The summed E-state index contributed by atoms with van der Waals surface area (Å²) in [7, 11) is 1.80. The lowest BCUT2D eigenvalue weighted by molar-refractivity contribution is 0.0883. The third kappa shape index (κ3) is 3.84. The predicted molar refractivity (Wildman–Crippen MR) is 85.0 cm³/mol. The molecule has 1 aliphatic rings. The molecule has 0 aliphatic heterocycles. The van der Waals surface area contributed by atoms with Gasteiger partial charge in [-0.15, -0.1) is 0 Å². The monoisotopic (exact) mass is 375 g/mol. The molecule has 1 saturated carbocycles. The van der Waals surface area contributed by atoms with Gasteiger partial charge in [0, 0.05) is 29.9 Å². The lowest BCUT2D eigenvalue weighted by Gasteiger charge is -2.19. The number of carbonyl (C=O) groups excluding carboxylic acids is 1. The Balaban J connectivity index is 1.91. The topological polar surface area (TPSA) is 29.5 Å². The van der Waals surface area contributed by atoms with Gasteiger partial charge in [-0.05, 0) is 38.1 Å². The minimum atomic E-state index is -2.49. The molecule has 0 N–H and O–H groups in total. The highest BCUT2D eigenvalue weighted by Gasteiger charge is 2.56. The second-order valence-electron chi connectivity index (χ2n) is 5.92. The number of rotatable bonds is 7. The first-order valence-corrected chi connectivity index (χ1v) is 7.99. The standard InChI is InChI=1S/C16H20BrF2NO2/c1-10-11(2)15(12(9-21)6-14(10)17)22-5-4-20(3)8-13-7-16(13,18)19/h6,9,13H,4-5,7-8H2,1-3H3. The van der Waals surface area contributed by atoms with Crippen molar-refractivity contribution in [2.45, 2.75) is 26.2 Å². The fraction of sp³-hybridized carbons (Fsp3) is 0.562. The minimum absolute atomic E-state index is 0.0154. The molecule has 1 unspecified atom stereocenters. The van der Waals surface area contributed by atoms with E-state index >= 15 is 0 Å². The van der Waals surface area contributed by atoms with Gasteiger partial charge in [0.15, 0.2) is 6.29 Å². The number of benzene rings is 1. The van der Waals surface area contributed by atoms with E-state index in [9.17, 15) is 13.6 Å². The number of nitrogens with zero attached hydrogens (tertiary/aromatic N) is 1. The predicted octanol–water partition coefficient (Wildman–Crippen LogP) is 3.84. The van der Waals surface area contributed by atoms with E-state index in [1.165, 1.54) is 0 Å². The number of alkyl halides is 2. The van der Waals surface area contributed by atoms with Crippen LogP contribution in [-0.4, -0.2) is 43.9 Å². The van der Waals surface area contributed by atoms with Crippen molar-refractivity contribution < 1.29 is 18.3 Å². The number of aldehydes is 1. The summed E-state index contributed by atoms with van der Waals surface area (Å²) in [4.78, 5) is 13.0. The Hall–Kier alpha value is -1.01. The summed E-state index contributed by atoms with van der Waals surface area (Å²) in [5.74, 6) is -2.44. The first kappa shape index (κ1) is 17.3. The SMILES string of the molecule is Cc1c(Br)cc(C=O)c(OCCN(C)CC2CC2(F)F)c1C. The molecule has 0 amide bonds. The van der Waals surface area contributed by atoms with E-state index in [2.05, 4.69) is 15.9 Å². The van der Waals surface area contributed by atoms with Crippen LogP contribution >= 0.6 is 15.9 Å². The van der Waals surface area contributed by atoms with Gasteiger partial charge in [0.2, 0.25) is 0 Å². The average Bonchev–Trinajstić information content (AvgIpc) is 3.05. The molecule has 1 aromatic rings. The molecule has 0 heterocycles. The summed E-state index contributed by atoms with van der Waals surface area (Å²) in [5.41, 5.74) is 2.42. The largest absolute Gasteiger partial charge is 0.491 e. The average molecular weight is 376 g/mol. The van der Waals surface area contributed by atoms with E-state index in [1.54, 1.807) is 13.1 Å². The van der Waals surface area contributed by atoms with E-state index < -0.39 is 11.8 Å². The van der Waals surface area contributed by atoms with Crippen LogP contribution in [0.2, 0.25) is 0 Å². The second kappa shape index (κ2) is 6.62. The van der Waals surface area contributed by atoms with Gasteiger partial charge in [-0.3, -0.25) is 4.79 Å². The van der Waals surface area contributed by atoms with Gasteiger partial charge in [-0.1, -0.05) is 15.9 Å². The van der Waals surface area contributed by atoms with Crippen LogP contribution in [0.4, 0.5) is 8.78 Å².